The Balaban J connectivity index is 1.38. The van der Waals surface area contributed by atoms with E-state index in [-0.39, 0.29) is 11.9 Å². The van der Waals surface area contributed by atoms with Crippen LogP contribution in [0.1, 0.15) is 51.9 Å². The summed E-state index contributed by atoms with van der Waals surface area (Å²) in [7, 11) is 0. The number of aliphatic hydroxyl groups excluding tert-OH is 4. The molecule has 0 aromatic heterocycles. The average molecular weight is 495 g/mol. The third-order valence-electron chi connectivity index (χ3n) is 10.6. The van der Waals surface area contributed by atoms with E-state index in [2.05, 4.69) is 6.58 Å². The number of aliphatic hydroxyl groups is 4. The molecular formula is C25H34O10. The molecule has 35 heavy (non-hydrogen) atoms. The minimum absolute atomic E-state index is 0.141. The van der Waals surface area contributed by atoms with E-state index in [0.717, 1.165) is 6.42 Å². The van der Waals surface area contributed by atoms with Gasteiger partial charge in [-0.25, -0.2) is 0 Å². The number of carbonyl (C=O) groups is 2. The van der Waals surface area contributed by atoms with E-state index >= 15 is 0 Å². The molecule has 0 amide bonds. The van der Waals surface area contributed by atoms with Gasteiger partial charge < -0.3 is 39.7 Å². The summed E-state index contributed by atoms with van der Waals surface area (Å²) in [5.41, 5.74) is -2.64. The molecule has 4 bridgehead atoms. The number of fused-ring (bicyclic) bond motifs is 1. The Bertz CT molecular complexity index is 981. The Morgan fingerprint density at radius 3 is 2.60 bits per heavy atom. The predicted molar refractivity (Wildman–Crippen MR) is 117 cm³/mol. The molecule has 2 heterocycles. The molecule has 0 aromatic rings. The minimum Gasteiger partial charge on any atom is -0.481 e. The van der Waals surface area contributed by atoms with Crippen LogP contribution >= 0.6 is 0 Å². The first-order valence-electron chi connectivity index (χ1n) is 12.6. The molecule has 4 saturated carbocycles. The van der Waals surface area contributed by atoms with Crippen molar-refractivity contribution in [3.8, 4) is 0 Å². The summed E-state index contributed by atoms with van der Waals surface area (Å²) in [4.78, 5) is 25.9. The zero-order valence-corrected chi connectivity index (χ0v) is 19.8. The topological polar surface area (TPSA) is 163 Å². The lowest BCUT2D eigenvalue weighted by atomic mass is 9.60. The van der Waals surface area contributed by atoms with Crippen molar-refractivity contribution < 1.29 is 49.3 Å². The Labute approximate surface area is 202 Å². The Hall–Kier alpha value is -1.56. The molecule has 6 aliphatic rings. The summed E-state index contributed by atoms with van der Waals surface area (Å²) < 4.78 is 18.1. The smallest absolute Gasteiger partial charge is 0.312 e. The maximum atomic E-state index is 13.0. The fraction of sp³-hybridized carbons (Fsp3) is 0.840. The van der Waals surface area contributed by atoms with E-state index in [0.29, 0.717) is 44.1 Å². The van der Waals surface area contributed by atoms with Gasteiger partial charge in [0.2, 0.25) is 0 Å². The molecule has 194 valence electrons. The number of ether oxygens (including phenoxy) is 3. The van der Waals surface area contributed by atoms with Gasteiger partial charge in [-0.05, 0) is 62.9 Å². The maximum absolute atomic E-state index is 13.0. The van der Waals surface area contributed by atoms with Crippen molar-refractivity contribution in [3.05, 3.63) is 12.2 Å². The van der Waals surface area contributed by atoms with Gasteiger partial charge in [-0.3, -0.25) is 9.59 Å². The monoisotopic (exact) mass is 494 g/mol. The van der Waals surface area contributed by atoms with Crippen LogP contribution in [-0.2, 0) is 23.8 Å². The highest BCUT2D eigenvalue weighted by Gasteiger charge is 2.83. The van der Waals surface area contributed by atoms with Crippen LogP contribution in [0, 0.1) is 28.6 Å². The minimum atomic E-state index is -1.57. The summed E-state index contributed by atoms with van der Waals surface area (Å²) in [5.74, 6) is -2.59. The highest BCUT2D eigenvalue weighted by atomic mass is 16.7. The number of hydrogen-bond donors (Lipinski definition) is 5. The van der Waals surface area contributed by atoms with Crippen LogP contribution < -0.4 is 0 Å². The number of aliphatic carboxylic acids is 1. The fourth-order valence-corrected chi connectivity index (χ4v) is 9.24. The first-order valence-corrected chi connectivity index (χ1v) is 12.6. The molecule has 6 rings (SSSR count). The molecule has 4 aliphatic carbocycles. The van der Waals surface area contributed by atoms with E-state index in [9.17, 15) is 35.1 Å². The van der Waals surface area contributed by atoms with Crippen molar-refractivity contribution in [2.75, 3.05) is 6.61 Å². The predicted octanol–water partition coefficient (Wildman–Crippen LogP) is 0.104. The van der Waals surface area contributed by atoms with Gasteiger partial charge in [-0.1, -0.05) is 6.58 Å². The number of esters is 1. The molecule has 2 aliphatic heterocycles. The molecule has 2 saturated heterocycles. The third kappa shape index (κ3) is 2.70. The second-order valence-corrected chi connectivity index (χ2v) is 12.0. The molecule has 0 radical (unpaired) electrons. The summed E-state index contributed by atoms with van der Waals surface area (Å²) >= 11 is 0. The lowest BCUT2D eigenvalue weighted by Gasteiger charge is -2.49. The molecule has 12 atom stereocenters. The van der Waals surface area contributed by atoms with Gasteiger partial charge in [0.15, 0.2) is 6.29 Å². The number of carboxylic acids is 1. The third-order valence-corrected chi connectivity index (χ3v) is 10.6. The van der Waals surface area contributed by atoms with Crippen molar-refractivity contribution in [3.63, 3.8) is 0 Å². The van der Waals surface area contributed by atoms with E-state index in [1.807, 2.05) is 6.92 Å². The largest absolute Gasteiger partial charge is 0.481 e. The van der Waals surface area contributed by atoms with E-state index < -0.39 is 77.1 Å². The van der Waals surface area contributed by atoms with Crippen LogP contribution in [0.5, 0.6) is 0 Å². The van der Waals surface area contributed by atoms with Crippen molar-refractivity contribution in [1.82, 2.24) is 0 Å². The van der Waals surface area contributed by atoms with Crippen LogP contribution in [-0.4, -0.2) is 86.0 Å². The lowest BCUT2D eigenvalue weighted by molar-refractivity contribution is -0.326. The van der Waals surface area contributed by atoms with E-state index in [1.165, 1.54) is 0 Å². The fourth-order valence-electron chi connectivity index (χ4n) is 9.24. The summed E-state index contributed by atoms with van der Waals surface area (Å²) in [6.45, 7) is 5.55. The van der Waals surface area contributed by atoms with Crippen LogP contribution in [0.2, 0.25) is 0 Å². The molecule has 0 aromatic carbocycles. The summed E-state index contributed by atoms with van der Waals surface area (Å²) in [6, 6.07) is 0. The van der Waals surface area contributed by atoms with Gasteiger partial charge in [-0.2, -0.15) is 0 Å². The first kappa shape index (κ1) is 23.8. The first-order chi connectivity index (χ1) is 16.5. The van der Waals surface area contributed by atoms with Gasteiger partial charge in [0, 0.05) is 11.8 Å². The number of carboxylic acid groups (broad SMARTS) is 1. The number of hydrogen-bond acceptors (Lipinski definition) is 9. The number of carbonyl (C=O) groups excluding carboxylic acids is 1. The second kappa shape index (κ2) is 7.26. The van der Waals surface area contributed by atoms with Crippen molar-refractivity contribution >= 4 is 11.9 Å². The molecule has 10 heteroatoms. The zero-order chi connectivity index (χ0) is 25.1. The Morgan fingerprint density at radius 2 is 1.91 bits per heavy atom. The van der Waals surface area contributed by atoms with E-state index in [4.69, 9.17) is 14.2 Å². The summed E-state index contributed by atoms with van der Waals surface area (Å²) in [6.07, 6.45) is -3.21. The number of rotatable bonds is 4. The highest BCUT2D eigenvalue weighted by molar-refractivity contribution is 5.84. The second-order valence-electron chi connectivity index (χ2n) is 12.0. The zero-order valence-electron chi connectivity index (χ0n) is 19.8. The van der Waals surface area contributed by atoms with Gasteiger partial charge >= 0.3 is 11.9 Å². The van der Waals surface area contributed by atoms with Crippen LogP contribution in [0.15, 0.2) is 12.2 Å². The maximum Gasteiger partial charge on any atom is 0.312 e. The van der Waals surface area contributed by atoms with E-state index in [1.54, 1.807) is 0 Å². The Morgan fingerprint density at radius 1 is 1.17 bits per heavy atom. The standard InChI is InChI=1S/C25H34O10/c1-11-8-23-10-24(11,34-20-17(29)16(28)15(27)12(9-26)33-20)7-4-13(23)25-6-3-5-22(2,21(32)35-25)18(25)14(23)19(30)31/h12-18,20,26-29H,1,3-10H2,2H3,(H,30,31)/t12-,13-,14-,15-,16+,17-,18-,20+,22-,23+,24+,25-/m1/s1. The Kier molecular flexibility index (Phi) is 4.94. The van der Waals surface area contributed by atoms with Gasteiger partial charge in [0.05, 0.1) is 23.5 Å². The van der Waals surface area contributed by atoms with Crippen molar-refractivity contribution in [2.45, 2.75) is 93.8 Å². The van der Waals surface area contributed by atoms with Crippen LogP contribution in [0.4, 0.5) is 0 Å². The van der Waals surface area contributed by atoms with Gasteiger partial charge in [-0.15, -0.1) is 0 Å². The SMILES string of the molecule is C=C1C[C@]23C[C@@]1(O[C@@H]1O[C@H](CO)[C@@H](O)[C@H](O)[C@H]1O)CC[C@H]2[C@@]12CCC[C@@](C)(C(=O)O1)[C@H]2[C@@H]3C(=O)O. The van der Waals surface area contributed by atoms with Crippen molar-refractivity contribution in [1.29, 1.82) is 0 Å². The van der Waals surface area contributed by atoms with Gasteiger partial charge in [0.25, 0.3) is 0 Å². The molecule has 0 unspecified atom stereocenters. The molecular weight excluding hydrogens is 460 g/mol. The lowest BCUT2D eigenvalue weighted by Crippen LogP contribution is -2.61. The molecule has 6 fully saturated rings. The average Bonchev–Trinajstić information content (AvgIpc) is 3.22. The van der Waals surface area contributed by atoms with Crippen LogP contribution in [0.25, 0.3) is 0 Å². The normalized spacial score (nSPS) is 56.5. The van der Waals surface area contributed by atoms with Crippen LogP contribution in [0.3, 0.4) is 0 Å². The molecule has 5 N–H and O–H groups in total. The summed E-state index contributed by atoms with van der Waals surface area (Å²) in [5, 5.41) is 51.0. The van der Waals surface area contributed by atoms with Crippen molar-refractivity contribution in [2.24, 2.45) is 28.6 Å². The van der Waals surface area contributed by atoms with Gasteiger partial charge in [0.1, 0.15) is 30.0 Å². The quantitative estimate of drug-likeness (QED) is 0.268. The highest BCUT2D eigenvalue weighted by Crippen LogP contribution is 2.78. The molecule has 10 nitrogen and oxygen atoms in total. The molecule has 1 spiro atoms.